The van der Waals surface area contributed by atoms with Crippen LogP contribution >= 0.6 is 11.8 Å². The van der Waals surface area contributed by atoms with Crippen LogP contribution in [0, 0.1) is 10.1 Å². The van der Waals surface area contributed by atoms with E-state index in [-0.39, 0.29) is 10.6 Å². The monoisotopic (exact) mass is 295 g/mol. The number of benzene rings is 1. The molecule has 1 aromatic carbocycles. The van der Waals surface area contributed by atoms with Crippen molar-refractivity contribution in [2.75, 3.05) is 12.9 Å². The van der Waals surface area contributed by atoms with Crippen LogP contribution in [0.5, 0.6) is 0 Å². The minimum Gasteiger partial charge on any atom is -0.468 e. The third-order valence-corrected chi connectivity index (χ3v) is 3.10. The van der Waals surface area contributed by atoms with Gasteiger partial charge in [0.2, 0.25) is 0 Å². The molecule has 0 aliphatic heterocycles. The van der Waals surface area contributed by atoms with Gasteiger partial charge in [-0.15, -0.1) is 11.8 Å². The van der Waals surface area contributed by atoms with E-state index in [4.69, 9.17) is 0 Å². The molecule has 0 fully saturated rings. The lowest BCUT2D eigenvalue weighted by Crippen LogP contribution is -2.09. The van der Waals surface area contributed by atoms with Crippen molar-refractivity contribution in [1.29, 1.82) is 0 Å². The zero-order valence-electron chi connectivity index (χ0n) is 9.56. The molecular weight excluding hydrogens is 287 g/mol. The second-order valence-electron chi connectivity index (χ2n) is 3.30. The molecule has 0 saturated carbocycles. The molecule has 0 saturated heterocycles. The van der Waals surface area contributed by atoms with Crippen molar-refractivity contribution in [2.45, 2.75) is 11.1 Å². The lowest BCUT2D eigenvalue weighted by molar-refractivity contribution is -0.385. The highest BCUT2D eigenvalue weighted by Gasteiger charge is 2.35. The van der Waals surface area contributed by atoms with Gasteiger partial charge in [0, 0.05) is 17.0 Å². The van der Waals surface area contributed by atoms with Crippen molar-refractivity contribution >= 4 is 23.4 Å². The van der Waals surface area contributed by atoms with Crippen LogP contribution in [-0.2, 0) is 15.7 Å². The number of esters is 1. The molecule has 0 unspecified atom stereocenters. The smallest absolute Gasteiger partial charge is 0.417 e. The van der Waals surface area contributed by atoms with Crippen LogP contribution in [-0.4, -0.2) is 23.8 Å². The van der Waals surface area contributed by atoms with Gasteiger partial charge in [-0.3, -0.25) is 14.9 Å². The second-order valence-corrected chi connectivity index (χ2v) is 4.32. The Kier molecular flexibility index (Phi) is 4.76. The molecule has 0 aromatic heterocycles. The van der Waals surface area contributed by atoms with Gasteiger partial charge in [0.25, 0.3) is 5.69 Å². The molecule has 0 heterocycles. The van der Waals surface area contributed by atoms with E-state index in [0.717, 1.165) is 19.2 Å². The number of methoxy groups -OCH3 is 1. The summed E-state index contributed by atoms with van der Waals surface area (Å²) in [5.74, 6) is -0.992. The summed E-state index contributed by atoms with van der Waals surface area (Å²) >= 11 is 0.610. The highest BCUT2D eigenvalue weighted by atomic mass is 32.2. The Morgan fingerprint density at radius 2 is 2.11 bits per heavy atom. The van der Waals surface area contributed by atoms with E-state index in [1.807, 2.05) is 0 Å². The number of carbonyl (C=O) groups is 1. The second kappa shape index (κ2) is 5.91. The third kappa shape index (κ3) is 4.12. The zero-order valence-corrected chi connectivity index (χ0v) is 10.4. The van der Waals surface area contributed by atoms with Crippen LogP contribution in [0.3, 0.4) is 0 Å². The predicted molar refractivity (Wildman–Crippen MR) is 60.8 cm³/mol. The Morgan fingerprint density at radius 1 is 1.47 bits per heavy atom. The summed E-state index contributed by atoms with van der Waals surface area (Å²) in [5, 5.41) is 10.5. The van der Waals surface area contributed by atoms with Gasteiger partial charge in [0.05, 0.1) is 23.3 Å². The minimum absolute atomic E-state index is 0.261. The number of ether oxygens (including phenoxy) is 1. The number of alkyl halides is 3. The van der Waals surface area contributed by atoms with Gasteiger partial charge < -0.3 is 4.74 Å². The maximum absolute atomic E-state index is 12.7. The molecule has 0 bridgehead atoms. The number of nitro benzene ring substituents is 1. The highest BCUT2D eigenvalue weighted by Crippen LogP contribution is 2.38. The highest BCUT2D eigenvalue weighted by molar-refractivity contribution is 8.00. The van der Waals surface area contributed by atoms with E-state index in [0.29, 0.717) is 17.8 Å². The molecule has 0 spiro atoms. The van der Waals surface area contributed by atoms with Gasteiger partial charge in [0.1, 0.15) is 0 Å². The van der Waals surface area contributed by atoms with Crippen LogP contribution in [0.2, 0.25) is 0 Å². The molecule has 9 heteroatoms. The van der Waals surface area contributed by atoms with Crippen LogP contribution < -0.4 is 0 Å². The average Bonchev–Trinajstić information content (AvgIpc) is 2.34. The van der Waals surface area contributed by atoms with Crippen molar-refractivity contribution in [1.82, 2.24) is 0 Å². The molecular formula is C10H8F3NO4S. The summed E-state index contributed by atoms with van der Waals surface area (Å²) in [6.45, 7) is 0. The van der Waals surface area contributed by atoms with Crippen molar-refractivity contribution in [3.05, 3.63) is 33.9 Å². The predicted octanol–water partition coefficient (Wildman–Crippen LogP) is 2.88. The number of non-ortho nitro benzene ring substituents is 1. The number of hydrogen-bond acceptors (Lipinski definition) is 5. The van der Waals surface area contributed by atoms with Crippen molar-refractivity contribution in [2.24, 2.45) is 0 Å². The van der Waals surface area contributed by atoms with Crippen LogP contribution in [0.1, 0.15) is 5.56 Å². The van der Waals surface area contributed by atoms with Crippen molar-refractivity contribution in [3.8, 4) is 0 Å². The summed E-state index contributed by atoms with van der Waals surface area (Å²) in [5.41, 5.74) is -1.80. The lowest BCUT2D eigenvalue weighted by Gasteiger charge is -2.11. The van der Waals surface area contributed by atoms with Crippen LogP contribution in [0.15, 0.2) is 23.1 Å². The summed E-state index contributed by atoms with van der Waals surface area (Å²) < 4.78 is 42.5. The fourth-order valence-corrected chi connectivity index (χ4v) is 2.06. The Bertz CT molecular complexity index is 504. The van der Waals surface area contributed by atoms with Crippen molar-refractivity contribution in [3.63, 3.8) is 0 Å². The Morgan fingerprint density at radius 3 is 2.58 bits per heavy atom. The van der Waals surface area contributed by atoms with Crippen LogP contribution in [0.4, 0.5) is 18.9 Å². The topological polar surface area (TPSA) is 69.4 Å². The molecule has 0 amide bonds. The third-order valence-electron chi connectivity index (χ3n) is 2.05. The molecule has 0 aliphatic rings. The minimum atomic E-state index is -4.73. The quantitative estimate of drug-likeness (QED) is 0.370. The number of hydrogen-bond donors (Lipinski definition) is 0. The average molecular weight is 295 g/mol. The first kappa shape index (κ1) is 15.3. The number of rotatable bonds is 4. The molecule has 1 rings (SSSR count). The standard InChI is InChI=1S/C10H8F3NO4S/c1-18-9(15)5-19-8-3-2-6(14(16)17)4-7(8)10(11,12)13/h2-4H,5H2,1H3. The Labute approximate surface area is 109 Å². The van der Waals surface area contributed by atoms with Gasteiger partial charge in [0.15, 0.2) is 0 Å². The molecule has 19 heavy (non-hydrogen) atoms. The van der Waals surface area contributed by atoms with E-state index in [1.54, 1.807) is 0 Å². The summed E-state index contributed by atoms with van der Waals surface area (Å²) in [7, 11) is 1.11. The maximum atomic E-state index is 12.7. The van der Waals surface area contributed by atoms with E-state index >= 15 is 0 Å². The summed E-state index contributed by atoms with van der Waals surface area (Å²) in [4.78, 5) is 20.2. The Hall–Kier alpha value is -1.77. The number of nitrogens with zero attached hydrogens (tertiary/aromatic N) is 1. The van der Waals surface area contributed by atoms with Crippen molar-refractivity contribution < 1.29 is 27.6 Å². The largest absolute Gasteiger partial charge is 0.468 e. The zero-order chi connectivity index (χ0) is 14.6. The number of thioether (sulfide) groups is 1. The lowest BCUT2D eigenvalue weighted by atomic mass is 10.2. The maximum Gasteiger partial charge on any atom is 0.417 e. The molecule has 104 valence electrons. The molecule has 0 aliphatic carbocycles. The molecule has 0 atom stereocenters. The van der Waals surface area contributed by atoms with Gasteiger partial charge in [-0.1, -0.05) is 0 Å². The van der Waals surface area contributed by atoms with E-state index in [1.165, 1.54) is 0 Å². The summed E-state index contributed by atoms with van der Waals surface area (Å²) in [6, 6.07) is 2.36. The molecule has 0 N–H and O–H groups in total. The fourth-order valence-electron chi connectivity index (χ4n) is 1.17. The Balaban J connectivity index is 3.10. The van der Waals surface area contributed by atoms with Gasteiger partial charge in [-0.25, -0.2) is 0 Å². The first-order chi connectivity index (χ1) is 8.75. The number of nitro groups is 1. The van der Waals surface area contributed by atoms with Gasteiger partial charge in [-0.05, 0) is 6.07 Å². The van der Waals surface area contributed by atoms with E-state index in [9.17, 15) is 28.1 Å². The molecule has 5 nitrogen and oxygen atoms in total. The molecule has 1 aromatic rings. The normalized spacial score (nSPS) is 11.2. The van der Waals surface area contributed by atoms with Gasteiger partial charge >= 0.3 is 12.1 Å². The summed E-state index contributed by atoms with van der Waals surface area (Å²) in [6.07, 6.45) is -4.73. The fraction of sp³-hybridized carbons (Fsp3) is 0.300. The first-order valence-corrected chi connectivity index (χ1v) is 5.79. The van der Waals surface area contributed by atoms with Gasteiger partial charge in [-0.2, -0.15) is 13.2 Å². The van der Waals surface area contributed by atoms with E-state index in [2.05, 4.69) is 4.74 Å². The number of halogens is 3. The molecule has 0 radical (unpaired) electrons. The van der Waals surface area contributed by atoms with Crippen LogP contribution in [0.25, 0.3) is 0 Å². The van der Waals surface area contributed by atoms with E-state index < -0.39 is 28.3 Å². The first-order valence-electron chi connectivity index (χ1n) is 4.81. The SMILES string of the molecule is COC(=O)CSc1ccc([N+](=O)[O-])cc1C(F)(F)F. The number of carbonyl (C=O) groups excluding carboxylic acids is 1.